The second-order valence-electron chi connectivity index (χ2n) is 6.70. The molecule has 0 spiro atoms. The summed E-state index contributed by atoms with van der Waals surface area (Å²) in [6.45, 7) is 1.31. The number of aliphatic imine (C=N–C) groups is 1. The third kappa shape index (κ3) is 9.79. The number of hydrogen-bond donors (Lipinski definition) is 3. The molecule has 1 aliphatic rings. The standard InChI is InChI=1S/C18H27F3N4O3S.HI/c1-22-17(24-12-14-5-7-15(8-6-14)18(19,20)21)23-9-11-29(26,27)25-13-16-4-2-3-10-28-16;/h5-8,16,25H,2-4,9-13H2,1H3,(H2,22,23,24);1H. The van der Waals surface area contributed by atoms with Crippen molar-refractivity contribution in [2.75, 3.05) is 32.5 Å². The van der Waals surface area contributed by atoms with E-state index in [9.17, 15) is 21.6 Å². The van der Waals surface area contributed by atoms with Gasteiger partial charge in [0, 0.05) is 33.3 Å². The van der Waals surface area contributed by atoms with Crippen LogP contribution in [0.1, 0.15) is 30.4 Å². The number of nitrogens with zero attached hydrogens (tertiary/aromatic N) is 1. The van der Waals surface area contributed by atoms with Gasteiger partial charge in [0.25, 0.3) is 0 Å². The van der Waals surface area contributed by atoms with Gasteiger partial charge in [0.05, 0.1) is 17.4 Å². The molecule has 1 unspecified atom stereocenters. The molecule has 7 nitrogen and oxygen atoms in total. The van der Waals surface area contributed by atoms with E-state index in [1.807, 2.05) is 0 Å². The lowest BCUT2D eigenvalue weighted by atomic mass is 10.1. The third-order valence-corrected chi connectivity index (χ3v) is 5.78. The molecule has 1 aromatic carbocycles. The molecular weight excluding hydrogens is 536 g/mol. The van der Waals surface area contributed by atoms with Crippen LogP contribution in [0.25, 0.3) is 0 Å². The summed E-state index contributed by atoms with van der Waals surface area (Å²) in [5, 5.41) is 5.81. The molecule has 0 radical (unpaired) electrons. The van der Waals surface area contributed by atoms with Gasteiger partial charge in [-0.25, -0.2) is 13.1 Å². The molecule has 1 fully saturated rings. The predicted molar refractivity (Wildman–Crippen MR) is 120 cm³/mol. The molecule has 0 saturated carbocycles. The molecule has 30 heavy (non-hydrogen) atoms. The summed E-state index contributed by atoms with van der Waals surface area (Å²) in [5.74, 6) is 0.219. The van der Waals surface area contributed by atoms with Gasteiger partial charge < -0.3 is 15.4 Å². The number of ether oxygens (including phenoxy) is 1. The minimum atomic E-state index is -4.37. The van der Waals surface area contributed by atoms with Gasteiger partial charge in [-0.15, -0.1) is 24.0 Å². The molecule has 0 aromatic heterocycles. The van der Waals surface area contributed by atoms with Crippen molar-refractivity contribution in [2.45, 2.75) is 38.1 Å². The van der Waals surface area contributed by atoms with E-state index in [0.717, 1.165) is 31.4 Å². The van der Waals surface area contributed by atoms with Gasteiger partial charge in [-0.3, -0.25) is 4.99 Å². The molecule has 1 aliphatic heterocycles. The highest BCUT2D eigenvalue weighted by Gasteiger charge is 2.29. The smallest absolute Gasteiger partial charge is 0.377 e. The van der Waals surface area contributed by atoms with Crippen molar-refractivity contribution in [3.8, 4) is 0 Å². The highest BCUT2D eigenvalue weighted by Crippen LogP contribution is 2.29. The zero-order chi connectivity index (χ0) is 21.3. The maximum absolute atomic E-state index is 12.6. The Morgan fingerprint density at radius 2 is 1.90 bits per heavy atom. The Balaban J connectivity index is 0.00000450. The van der Waals surface area contributed by atoms with Crippen molar-refractivity contribution < 1.29 is 26.3 Å². The van der Waals surface area contributed by atoms with Crippen LogP contribution in [-0.2, 0) is 27.5 Å². The average molecular weight is 564 g/mol. The second kappa shape index (κ2) is 12.7. The highest BCUT2D eigenvalue weighted by molar-refractivity contribution is 14.0. The minimum Gasteiger partial charge on any atom is -0.377 e. The minimum absolute atomic E-state index is 0. The van der Waals surface area contributed by atoms with Crippen molar-refractivity contribution in [2.24, 2.45) is 4.99 Å². The molecule has 0 bridgehead atoms. The van der Waals surface area contributed by atoms with Gasteiger partial charge in [-0.1, -0.05) is 12.1 Å². The molecule has 1 saturated heterocycles. The van der Waals surface area contributed by atoms with Crippen LogP contribution in [0, 0.1) is 0 Å². The molecule has 12 heteroatoms. The molecule has 2 rings (SSSR count). The normalized spacial score (nSPS) is 17.9. The molecule has 1 aromatic rings. The topological polar surface area (TPSA) is 91.8 Å². The van der Waals surface area contributed by atoms with E-state index in [-0.39, 0.29) is 55.5 Å². The average Bonchev–Trinajstić information content (AvgIpc) is 2.69. The Morgan fingerprint density at radius 3 is 2.47 bits per heavy atom. The lowest BCUT2D eigenvalue weighted by Gasteiger charge is -2.22. The Bertz CT molecular complexity index is 768. The van der Waals surface area contributed by atoms with Gasteiger partial charge in [0.1, 0.15) is 0 Å². The summed E-state index contributed by atoms with van der Waals surface area (Å²) < 4.78 is 69.9. The second-order valence-corrected chi connectivity index (χ2v) is 8.63. The van der Waals surface area contributed by atoms with Crippen LogP contribution in [0.2, 0.25) is 0 Å². The summed E-state index contributed by atoms with van der Waals surface area (Å²) in [4.78, 5) is 3.98. The quantitative estimate of drug-likeness (QED) is 0.257. The fraction of sp³-hybridized carbons (Fsp3) is 0.611. The first kappa shape index (κ1) is 26.9. The number of alkyl halides is 3. The number of benzene rings is 1. The van der Waals surface area contributed by atoms with Crippen LogP contribution in [0.15, 0.2) is 29.3 Å². The van der Waals surface area contributed by atoms with E-state index >= 15 is 0 Å². The molecule has 1 atom stereocenters. The van der Waals surface area contributed by atoms with E-state index < -0.39 is 21.8 Å². The van der Waals surface area contributed by atoms with Crippen LogP contribution in [0.3, 0.4) is 0 Å². The van der Waals surface area contributed by atoms with Gasteiger partial charge >= 0.3 is 6.18 Å². The van der Waals surface area contributed by atoms with Gasteiger partial charge in [-0.05, 0) is 37.0 Å². The molecule has 172 valence electrons. The van der Waals surface area contributed by atoms with Crippen molar-refractivity contribution in [3.63, 3.8) is 0 Å². The SMILES string of the molecule is CN=C(NCCS(=O)(=O)NCC1CCCCO1)NCc1ccc(C(F)(F)F)cc1.I. The molecule has 0 amide bonds. The van der Waals surface area contributed by atoms with Crippen LogP contribution < -0.4 is 15.4 Å². The first-order chi connectivity index (χ1) is 13.7. The highest BCUT2D eigenvalue weighted by atomic mass is 127. The van der Waals surface area contributed by atoms with E-state index in [1.165, 1.54) is 19.2 Å². The van der Waals surface area contributed by atoms with Gasteiger partial charge in [0.15, 0.2) is 5.96 Å². The number of halogens is 4. The number of hydrogen-bond acceptors (Lipinski definition) is 4. The number of sulfonamides is 1. The lowest BCUT2D eigenvalue weighted by molar-refractivity contribution is -0.137. The van der Waals surface area contributed by atoms with Crippen LogP contribution in [0.5, 0.6) is 0 Å². The molecule has 1 heterocycles. The van der Waals surface area contributed by atoms with E-state index in [4.69, 9.17) is 4.74 Å². The zero-order valence-electron chi connectivity index (χ0n) is 16.7. The first-order valence-corrected chi connectivity index (χ1v) is 11.0. The Morgan fingerprint density at radius 1 is 1.20 bits per heavy atom. The summed E-state index contributed by atoms with van der Waals surface area (Å²) in [5.41, 5.74) is -0.0668. The fourth-order valence-electron chi connectivity index (χ4n) is 2.78. The van der Waals surface area contributed by atoms with Crippen LogP contribution in [-0.4, -0.2) is 53.0 Å². The third-order valence-electron chi connectivity index (χ3n) is 4.43. The predicted octanol–water partition coefficient (Wildman–Crippen LogP) is 2.48. The van der Waals surface area contributed by atoms with E-state index in [2.05, 4.69) is 20.3 Å². The largest absolute Gasteiger partial charge is 0.416 e. The maximum Gasteiger partial charge on any atom is 0.416 e. The van der Waals surface area contributed by atoms with Gasteiger partial charge in [0.2, 0.25) is 10.0 Å². The lowest BCUT2D eigenvalue weighted by Crippen LogP contribution is -2.42. The summed E-state index contributed by atoms with van der Waals surface area (Å²) >= 11 is 0. The maximum atomic E-state index is 12.6. The van der Waals surface area contributed by atoms with Crippen LogP contribution >= 0.6 is 24.0 Å². The van der Waals surface area contributed by atoms with E-state index in [0.29, 0.717) is 18.1 Å². The number of rotatable bonds is 8. The van der Waals surface area contributed by atoms with Gasteiger partial charge in [-0.2, -0.15) is 13.2 Å². The molecule has 3 N–H and O–H groups in total. The van der Waals surface area contributed by atoms with Crippen molar-refractivity contribution >= 4 is 40.0 Å². The van der Waals surface area contributed by atoms with Crippen molar-refractivity contribution in [3.05, 3.63) is 35.4 Å². The Kier molecular flexibility index (Phi) is 11.4. The molecular formula is C18H28F3IN4O3S. The number of nitrogens with one attached hydrogen (secondary N) is 3. The fourth-order valence-corrected chi connectivity index (χ4v) is 3.74. The zero-order valence-corrected chi connectivity index (χ0v) is 19.8. The van der Waals surface area contributed by atoms with Crippen molar-refractivity contribution in [1.29, 1.82) is 0 Å². The Labute approximate surface area is 192 Å². The van der Waals surface area contributed by atoms with E-state index in [1.54, 1.807) is 0 Å². The number of guanidine groups is 1. The summed E-state index contributed by atoms with van der Waals surface area (Å²) in [6, 6.07) is 4.79. The monoisotopic (exact) mass is 564 g/mol. The molecule has 0 aliphatic carbocycles. The van der Waals surface area contributed by atoms with Crippen LogP contribution in [0.4, 0.5) is 13.2 Å². The summed E-state index contributed by atoms with van der Waals surface area (Å²) in [6.07, 6.45) is -1.56. The summed E-state index contributed by atoms with van der Waals surface area (Å²) in [7, 11) is -1.93. The van der Waals surface area contributed by atoms with Crippen molar-refractivity contribution in [1.82, 2.24) is 15.4 Å². The Hall–Kier alpha value is -1.12. The first-order valence-electron chi connectivity index (χ1n) is 9.39.